The number of hydrogen-bond donors (Lipinski definition) is 1. The van der Waals surface area contributed by atoms with E-state index in [-0.39, 0.29) is 11.7 Å². The van der Waals surface area contributed by atoms with Crippen LogP contribution in [0, 0.1) is 17.0 Å². The van der Waals surface area contributed by atoms with E-state index in [9.17, 15) is 10.1 Å². The predicted octanol–water partition coefficient (Wildman–Crippen LogP) is 4.28. The minimum atomic E-state index is -0.398. The van der Waals surface area contributed by atoms with Crippen LogP contribution in [0.1, 0.15) is 24.5 Å². The average molecular weight is 303 g/mol. The fourth-order valence-electron chi connectivity index (χ4n) is 2.21. The van der Waals surface area contributed by atoms with E-state index < -0.39 is 4.92 Å². The second-order valence-electron chi connectivity index (χ2n) is 4.73. The van der Waals surface area contributed by atoms with Crippen LogP contribution in [0.3, 0.4) is 0 Å². The van der Waals surface area contributed by atoms with Crippen LogP contribution in [-0.2, 0) is 0 Å². The SMILES string of the molecule is Cc1ccc(C(C)Nc2ccc3scnc3c2[N+](=O)[O-])o1. The van der Waals surface area contributed by atoms with Gasteiger partial charge in [-0.1, -0.05) is 0 Å². The number of nitrogens with zero attached hydrogens (tertiary/aromatic N) is 2. The number of furan rings is 1. The topological polar surface area (TPSA) is 81.2 Å². The molecule has 0 amide bonds. The first-order valence-corrected chi connectivity index (χ1v) is 7.27. The standard InChI is InChI=1S/C14H13N3O3S/c1-8-3-5-11(20-8)9(2)16-10-4-6-12-13(15-7-21-12)14(10)17(18)19/h3-7,9,16H,1-2H3. The maximum absolute atomic E-state index is 11.4. The summed E-state index contributed by atoms with van der Waals surface area (Å²) < 4.78 is 6.34. The zero-order valence-corrected chi connectivity index (χ0v) is 12.3. The van der Waals surface area contributed by atoms with Gasteiger partial charge < -0.3 is 9.73 Å². The predicted molar refractivity (Wildman–Crippen MR) is 81.8 cm³/mol. The van der Waals surface area contributed by atoms with E-state index in [4.69, 9.17) is 4.42 Å². The number of fused-ring (bicyclic) bond motifs is 1. The molecule has 2 heterocycles. The Bertz CT molecular complexity index is 809. The van der Waals surface area contributed by atoms with E-state index in [2.05, 4.69) is 10.3 Å². The number of hydrogen-bond acceptors (Lipinski definition) is 6. The first-order chi connectivity index (χ1) is 10.1. The van der Waals surface area contributed by atoms with Crippen molar-refractivity contribution >= 4 is 32.9 Å². The number of rotatable bonds is 4. The molecule has 0 spiro atoms. The number of anilines is 1. The van der Waals surface area contributed by atoms with Crippen LogP contribution >= 0.6 is 11.3 Å². The van der Waals surface area contributed by atoms with Crippen LogP contribution in [0.25, 0.3) is 10.2 Å². The summed E-state index contributed by atoms with van der Waals surface area (Å²) in [5.41, 5.74) is 2.47. The van der Waals surface area contributed by atoms with Crippen molar-refractivity contribution < 1.29 is 9.34 Å². The van der Waals surface area contributed by atoms with Crippen molar-refractivity contribution in [2.45, 2.75) is 19.9 Å². The lowest BCUT2D eigenvalue weighted by atomic mass is 10.2. The summed E-state index contributed by atoms with van der Waals surface area (Å²) in [4.78, 5) is 15.1. The molecule has 1 N–H and O–H groups in total. The summed E-state index contributed by atoms with van der Waals surface area (Å²) in [6, 6.07) is 7.10. The highest BCUT2D eigenvalue weighted by atomic mass is 32.1. The number of aromatic nitrogens is 1. The highest BCUT2D eigenvalue weighted by Crippen LogP contribution is 2.36. The average Bonchev–Trinajstić information content (AvgIpc) is 3.06. The van der Waals surface area contributed by atoms with Gasteiger partial charge in [0.2, 0.25) is 0 Å². The van der Waals surface area contributed by atoms with Gasteiger partial charge in [-0.05, 0) is 38.1 Å². The van der Waals surface area contributed by atoms with E-state index in [1.165, 1.54) is 11.3 Å². The number of aryl methyl sites for hydroxylation is 1. The van der Waals surface area contributed by atoms with Crippen molar-refractivity contribution in [1.82, 2.24) is 4.98 Å². The van der Waals surface area contributed by atoms with Gasteiger partial charge >= 0.3 is 5.69 Å². The van der Waals surface area contributed by atoms with Gasteiger partial charge in [0.05, 0.1) is 21.2 Å². The van der Waals surface area contributed by atoms with Crippen molar-refractivity contribution in [3.05, 3.63) is 51.4 Å². The third-order valence-electron chi connectivity index (χ3n) is 3.22. The van der Waals surface area contributed by atoms with Crippen molar-refractivity contribution in [2.24, 2.45) is 0 Å². The molecule has 0 aliphatic rings. The Labute approximate surface area is 124 Å². The second-order valence-corrected chi connectivity index (χ2v) is 5.62. The van der Waals surface area contributed by atoms with Gasteiger partial charge in [-0.2, -0.15) is 0 Å². The minimum Gasteiger partial charge on any atom is -0.464 e. The van der Waals surface area contributed by atoms with E-state index in [0.29, 0.717) is 11.2 Å². The summed E-state index contributed by atoms with van der Waals surface area (Å²) in [5.74, 6) is 1.54. The van der Waals surface area contributed by atoms with E-state index in [1.54, 1.807) is 11.6 Å². The van der Waals surface area contributed by atoms with Crippen LogP contribution in [0.2, 0.25) is 0 Å². The van der Waals surface area contributed by atoms with Crippen LogP contribution in [-0.4, -0.2) is 9.91 Å². The largest absolute Gasteiger partial charge is 0.464 e. The van der Waals surface area contributed by atoms with E-state index >= 15 is 0 Å². The van der Waals surface area contributed by atoms with Crippen molar-refractivity contribution in [2.75, 3.05) is 5.32 Å². The summed E-state index contributed by atoms with van der Waals surface area (Å²) in [5, 5.41) is 14.5. The molecular formula is C14H13N3O3S. The molecule has 7 heteroatoms. The lowest BCUT2D eigenvalue weighted by molar-refractivity contribution is -0.382. The summed E-state index contributed by atoms with van der Waals surface area (Å²) >= 11 is 1.38. The number of nitro groups is 1. The molecule has 3 aromatic rings. The Balaban J connectivity index is 2.00. The fourth-order valence-corrected chi connectivity index (χ4v) is 2.89. The Morgan fingerprint density at radius 2 is 2.19 bits per heavy atom. The first-order valence-electron chi connectivity index (χ1n) is 6.39. The Kier molecular flexibility index (Phi) is 3.34. The number of nitro benzene ring substituents is 1. The second kappa shape index (κ2) is 5.17. The number of benzene rings is 1. The number of thiazole rings is 1. The lowest BCUT2D eigenvalue weighted by Crippen LogP contribution is -2.07. The molecule has 108 valence electrons. The normalized spacial score (nSPS) is 12.5. The van der Waals surface area contributed by atoms with Gasteiger partial charge in [-0.3, -0.25) is 10.1 Å². The van der Waals surface area contributed by atoms with Crippen molar-refractivity contribution in [1.29, 1.82) is 0 Å². The smallest absolute Gasteiger partial charge is 0.319 e. The lowest BCUT2D eigenvalue weighted by Gasteiger charge is -2.13. The first kappa shape index (κ1) is 13.6. The minimum absolute atomic E-state index is 0.00359. The molecule has 1 aromatic carbocycles. The fraction of sp³-hybridized carbons (Fsp3) is 0.214. The van der Waals surface area contributed by atoms with Gasteiger partial charge in [-0.25, -0.2) is 4.98 Å². The Morgan fingerprint density at radius 3 is 2.86 bits per heavy atom. The number of nitrogens with one attached hydrogen (secondary N) is 1. The molecule has 0 fully saturated rings. The van der Waals surface area contributed by atoms with Crippen LogP contribution in [0.5, 0.6) is 0 Å². The summed E-state index contributed by atoms with van der Waals surface area (Å²) in [7, 11) is 0. The van der Waals surface area contributed by atoms with Gasteiger partial charge in [-0.15, -0.1) is 11.3 Å². The highest BCUT2D eigenvalue weighted by molar-refractivity contribution is 7.16. The molecular weight excluding hydrogens is 290 g/mol. The molecule has 0 bridgehead atoms. The molecule has 0 aliphatic carbocycles. The van der Waals surface area contributed by atoms with Gasteiger partial charge in [0, 0.05) is 0 Å². The van der Waals surface area contributed by atoms with Gasteiger partial charge in [0.25, 0.3) is 0 Å². The molecule has 0 radical (unpaired) electrons. The quantitative estimate of drug-likeness (QED) is 0.574. The Hall–Kier alpha value is -2.41. The zero-order chi connectivity index (χ0) is 15.0. The maximum atomic E-state index is 11.4. The van der Waals surface area contributed by atoms with Crippen molar-refractivity contribution in [3.8, 4) is 0 Å². The third kappa shape index (κ3) is 2.47. The van der Waals surface area contributed by atoms with Crippen LogP contribution in [0.4, 0.5) is 11.4 Å². The molecule has 1 atom stereocenters. The van der Waals surface area contributed by atoms with Crippen LogP contribution < -0.4 is 5.32 Å². The zero-order valence-electron chi connectivity index (χ0n) is 11.5. The molecule has 0 saturated heterocycles. The Morgan fingerprint density at radius 1 is 1.38 bits per heavy atom. The molecule has 6 nitrogen and oxygen atoms in total. The molecule has 21 heavy (non-hydrogen) atoms. The molecule has 0 aliphatic heterocycles. The third-order valence-corrected chi connectivity index (χ3v) is 4.01. The summed E-state index contributed by atoms with van der Waals surface area (Å²) in [6.07, 6.45) is 0. The van der Waals surface area contributed by atoms with Gasteiger partial charge in [0.1, 0.15) is 17.2 Å². The maximum Gasteiger partial charge on any atom is 0.319 e. The monoisotopic (exact) mass is 303 g/mol. The molecule has 3 rings (SSSR count). The molecule has 1 unspecified atom stereocenters. The van der Waals surface area contributed by atoms with E-state index in [0.717, 1.165) is 16.2 Å². The highest BCUT2D eigenvalue weighted by Gasteiger charge is 2.22. The molecule has 0 saturated carbocycles. The van der Waals surface area contributed by atoms with Crippen LogP contribution in [0.15, 0.2) is 34.2 Å². The van der Waals surface area contributed by atoms with Crippen molar-refractivity contribution in [3.63, 3.8) is 0 Å². The van der Waals surface area contributed by atoms with Gasteiger partial charge in [0.15, 0.2) is 5.52 Å². The summed E-state index contributed by atoms with van der Waals surface area (Å²) in [6.45, 7) is 3.76. The van der Waals surface area contributed by atoms with E-state index in [1.807, 2.05) is 32.0 Å². The molecule has 2 aromatic heterocycles.